The summed E-state index contributed by atoms with van der Waals surface area (Å²) in [7, 11) is 0. The molecule has 1 fully saturated rings. The number of ether oxygens (including phenoxy) is 1. The van der Waals surface area contributed by atoms with Gasteiger partial charge in [-0.1, -0.05) is 11.2 Å². The van der Waals surface area contributed by atoms with Crippen LogP contribution in [0.4, 0.5) is 0 Å². The van der Waals surface area contributed by atoms with Gasteiger partial charge in [-0.15, -0.1) is 0 Å². The first-order valence-electron chi connectivity index (χ1n) is 8.26. The Labute approximate surface area is 141 Å². The van der Waals surface area contributed by atoms with Crippen LogP contribution in [0.5, 0.6) is 5.88 Å². The largest absolute Gasteiger partial charge is 0.475 e. The highest BCUT2D eigenvalue weighted by atomic mass is 16.5. The molecule has 0 bridgehead atoms. The second-order valence-corrected chi connectivity index (χ2v) is 6.27. The maximum absolute atomic E-state index is 12.6. The van der Waals surface area contributed by atoms with Crippen molar-refractivity contribution in [2.75, 3.05) is 13.1 Å². The van der Waals surface area contributed by atoms with Crippen LogP contribution >= 0.6 is 0 Å². The number of hydrogen-bond donors (Lipinski definition) is 0. The fraction of sp³-hybridized carbons (Fsp3) is 0.529. The molecule has 1 saturated heterocycles. The fourth-order valence-electron chi connectivity index (χ4n) is 2.81. The molecule has 0 aromatic carbocycles. The summed E-state index contributed by atoms with van der Waals surface area (Å²) in [5, 5.41) is 3.84. The van der Waals surface area contributed by atoms with Crippen LogP contribution in [0.2, 0.25) is 0 Å². The Morgan fingerprint density at radius 1 is 1.29 bits per heavy atom. The van der Waals surface area contributed by atoms with Crippen LogP contribution in [-0.2, 0) is 0 Å². The lowest BCUT2D eigenvalue weighted by Crippen LogP contribution is -2.38. The molecule has 0 N–H and O–H groups in total. The lowest BCUT2D eigenvalue weighted by atomic mass is 9.96. The molecular formula is C17H22N4O3. The molecule has 0 spiro atoms. The van der Waals surface area contributed by atoms with Gasteiger partial charge in [0.05, 0.1) is 6.10 Å². The number of rotatable bonds is 4. The van der Waals surface area contributed by atoms with Gasteiger partial charge in [-0.25, -0.2) is 4.98 Å². The van der Waals surface area contributed by atoms with E-state index in [1.165, 1.54) is 0 Å². The van der Waals surface area contributed by atoms with E-state index in [0.717, 1.165) is 12.8 Å². The number of hydrogen-bond acceptors (Lipinski definition) is 6. The molecule has 0 radical (unpaired) electrons. The zero-order valence-corrected chi connectivity index (χ0v) is 14.2. The second kappa shape index (κ2) is 6.98. The quantitative estimate of drug-likeness (QED) is 0.857. The highest BCUT2D eigenvalue weighted by Gasteiger charge is 2.28. The first-order valence-corrected chi connectivity index (χ1v) is 8.26. The Hall–Kier alpha value is -2.44. The third-order valence-corrected chi connectivity index (χ3v) is 3.97. The summed E-state index contributed by atoms with van der Waals surface area (Å²) in [4.78, 5) is 23.1. The zero-order chi connectivity index (χ0) is 17.1. The molecule has 24 heavy (non-hydrogen) atoms. The summed E-state index contributed by atoms with van der Waals surface area (Å²) in [5.41, 5.74) is 0.417. The number of piperidine rings is 1. The third-order valence-electron chi connectivity index (χ3n) is 3.97. The first-order chi connectivity index (χ1) is 11.5. The molecule has 3 heterocycles. The molecule has 0 unspecified atom stereocenters. The minimum absolute atomic E-state index is 0.0245. The van der Waals surface area contributed by atoms with Crippen LogP contribution in [0.3, 0.4) is 0 Å². The summed E-state index contributed by atoms with van der Waals surface area (Å²) < 4.78 is 10.8. The van der Waals surface area contributed by atoms with E-state index in [1.807, 2.05) is 25.7 Å². The van der Waals surface area contributed by atoms with Crippen LogP contribution in [0.15, 0.2) is 22.7 Å². The second-order valence-electron chi connectivity index (χ2n) is 6.27. The van der Waals surface area contributed by atoms with E-state index in [0.29, 0.717) is 36.4 Å². The minimum atomic E-state index is -0.0654. The Bertz CT molecular complexity index is 705. The van der Waals surface area contributed by atoms with Crippen LogP contribution < -0.4 is 4.74 Å². The molecule has 1 aliphatic heterocycles. The minimum Gasteiger partial charge on any atom is -0.475 e. The summed E-state index contributed by atoms with van der Waals surface area (Å²) >= 11 is 0. The van der Waals surface area contributed by atoms with Gasteiger partial charge in [-0.3, -0.25) is 4.79 Å². The van der Waals surface area contributed by atoms with E-state index in [-0.39, 0.29) is 17.9 Å². The van der Waals surface area contributed by atoms with Gasteiger partial charge in [-0.2, -0.15) is 4.98 Å². The Morgan fingerprint density at radius 2 is 2.04 bits per heavy atom. The third kappa shape index (κ3) is 3.72. The SMILES string of the molecule is Cc1noc(C2CCN(C(=O)c3cccc(OC(C)C)n3)CC2)n1. The van der Waals surface area contributed by atoms with Crippen molar-refractivity contribution in [3.63, 3.8) is 0 Å². The number of amides is 1. The summed E-state index contributed by atoms with van der Waals surface area (Å²) in [6, 6.07) is 5.29. The average Bonchev–Trinajstić information content (AvgIpc) is 3.00. The number of aromatic nitrogens is 3. The lowest BCUT2D eigenvalue weighted by molar-refractivity contribution is 0.0696. The van der Waals surface area contributed by atoms with Crippen molar-refractivity contribution in [1.29, 1.82) is 0 Å². The van der Waals surface area contributed by atoms with Crippen molar-refractivity contribution in [3.8, 4) is 5.88 Å². The number of carbonyl (C=O) groups excluding carboxylic acids is 1. The van der Waals surface area contributed by atoms with Crippen molar-refractivity contribution in [3.05, 3.63) is 35.6 Å². The van der Waals surface area contributed by atoms with Gasteiger partial charge < -0.3 is 14.2 Å². The maximum Gasteiger partial charge on any atom is 0.272 e. The topological polar surface area (TPSA) is 81.4 Å². The van der Waals surface area contributed by atoms with Crippen LogP contribution in [0.1, 0.15) is 54.8 Å². The monoisotopic (exact) mass is 330 g/mol. The van der Waals surface area contributed by atoms with Crippen LogP contribution in [0, 0.1) is 6.92 Å². The van der Waals surface area contributed by atoms with Crippen molar-refractivity contribution in [2.24, 2.45) is 0 Å². The van der Waals surface area contributed by atoms with Gasteiger partial charge in [-0.05, 0) is 39.7 Å². The van der Waals surface area contributed by atoms with E-state index in [2.05, 4.69) is 15.1 Å². The number of nitrogens with zero attached hydrogens (tertiary/aromatic N) is 4. The molecule has 1 amide bonds. The molecule has 128 valence electrons. The van der Waals surface area contributed by atoms with Crippen molar-refractivity contribution >= 4 is 5.91 Å². The molecular weight excluding hydrogens is 308 g/mol. The Kier molecular flexibility index (Phi) is 4.78. The van der Waals surface area contributed by atoms with Gasteiger partial charge in [0.1, 0.15) is 5.69 Å². The zero-order valence-electron chi connectivity index (χ0n) is 14.2. The Morgan fingerprint density at radius 3 is 2.67 bits per heavy atom. The normalized spacial score (nSPS) is 15.8. The molecule has 3 rings (SSSR count). The lowest BCUT2D eigenvalue weighted by Gasteiger charge is -2.30. The van der Waals surface area contributed by atoms with Crippen molar-refractivity contribution in [2.45, 2.75) is 45.6 Å². The predicted molar refractivity (Wildman–Crippen MR) is 86.9 cm³/mol. The number of likely N-dealkylation sites (tertiary alicyclic amines) is 1. The van der Waals surface area contributed by atoms with Crippen molar-refractivity contribution in [1.82, 2.24) is 20.0 Å². The molecule has 0 saturated carbocycles. The molecule has 1 aliphatic rings. The summed E-state index contributed by atoms with van der Waals surface area (Å²) in [5.74, 6) is 1.95. The van der Waals surface area contributed by atoms with Gasteiger partial charge in [0, 0.05) is 25.1 Å². The van der Waals surface area contributed by atoms with Crippen LogP contribution in [0.25, 0.3) is 0 Å². The highest BCUT2D eigenvalue weighted by Crippen LogP contribution is 2.27. The number of pyridine rings is 1. The number of aryl methyl sites for hydroxylation is 1. The number of carbonyl (C=O) groups is 1. The maximum atomic E-state index is 12.6. The van der Waals surface area contributed by atoms with Gasteiger partial charge in [0.15, 0.2) is 5.82 Å². The average molecular weight is 330 g/mol. The van der Waals surface area contributed by atoms with Gasteiger partial charge >= 0.3 is 0 Å². The molecule has 7 nitrogen and oxygen atoms in total. The summed E-state index contributed by atoms with van der Waals surface area (Å²) in [6.45, 7) is 6.98. The standard InChI is InChI=1S/C17H22N4O3/c1-11(2)23-15-6-4-5-14(19-15)17(22)21-9-7-13(8-10-21)16-18-12(3)20-24-16/h4-6,11,13H,7-10H2,1-3H3. The molecule has 2 aromatic rings. The van der Waals surface area contributed by atoms with Gasteiger partial charge in [0.2, 0.25) is 11.8 Å². The van der Waals surface area contributed by atoms with Gasteiger partial charge in [0.25, 0.3) is 5.91 Å². The van der Waals surface area contributed by atoms with Crippen LogP contribution in [-0.4, -0.2) is 45.1 Å². The van der Waals surface area contributed by atoms with E-state index >= 15 is 0 Å². The molecule has 0 aliphatic carbocycles. The van der Waals surface area contributed by atoms with E-state index in [9.17, 15) is 4.79 Å². The van der Waals surface area contributed by atoms with E-state index < -0.39 is 0 Å². The molecule has 0 atom stereocenters. The highest BCUT2D eigenvalue weighted by molar-refractivity contribution is 5.92. The smallest absolute Gasteiger partial charge is 0.272 e. The molecule has 2 aromatic heterocycles. The molecule has 7 heteroatoms. The van der Waals surface area contributed by atoms with E-state index in [4.69, 9.17) is 9.26 Å². The predicted octanol–water partition coefficient (Wildman–Crippen LogP) is 2.58. The fourth-order valence-corrected chi connectivity index (χ4v) is 2.81. The van der Waals surface area contributed by atoms with Crippen molar-refractivity contribution < 1.29 is 14.1 Å². The van der Waals surface area contributed by atoms with E-state index in [1.54, 1.807) is 18.2 Å². The first kappa shape index (κ1) is 16.4. The summed E-state index contributed by atoms with van der Waals surface area (Å²) in [6.07, 6.45) is 1.65. The Balaban J connectivity index is 1.62.